The van der Waals surface area contributed by atoms with Crippen molar-refractivity contribution >= 4 is 5.91 Å². The zero-order valence-electron chi connectivity index (χ0n) is 13.8. The molecular formula is C17H25FN2O4. The number of rotatable bonds is 7. The van der Waals surface area contributed by atoms with Gasteiger partial charge in [-0.1, -0.05) is 12.1 Å². The number of β-amino-alcohol motifs (C(OH)–C–C–N with tert-alkyl or cyclic N) is 1. The number of likely N-dealkylation sites (tertiary alicyclic amines) is 1. The molecule has 134 valence electrons. The van der Waals surface area contributed by atoms with Crippen LogP contribution >= 0.6 is 0 Å². The summed E-state index contributed by atoms with van der Waals surface area (Å²) >= 11 is 0. The van der Waals surface area contributed by atoms with Crippen LogP contribution in [-0.4, -0.2) is 63.6 Å². The Labute approximate surface area is 140 Å². The maximum Gasteiger partial charge on any atom is 0.256 e. The van der Waals surface area contributed by atoms with Crippen LogP contribution in [0.1, 0.15) is 25.3 Å². The van der Waals surface area contributed by atoms with Gasteiger partial charge in [0, 0.05) is 19.6 Å². The second kappa shape index (κ2) is 7.57. The van der Waals surface area contributed by atoms with Gasteiger partial charge < -0.3 is 25.5 Å². The minimum absolute atomic E-state index is 0.0522. The Morgan fingerprint density at radius 3 is 2.50 bits per heavy atom. The summed E-state index contributed by atoms with van der Waals surface area (Å²) in [5, 5.41) is 32.2. The number of benzene rings is 1. The van der Waals surface area contributed by atoms with Gasteiger partial charge in [-0.3, -0.25) is 4.79 Å². The van der Waals surface area contributed by atoms with Crippen LogP contribution in [0, 0.1) is 5.82 Å². The number of carbonyl (C=O) groups excluding carboxylic acids is 1. The third kappa shape index (κ3) is 4.30. The SMILES string of the molecule is CC(CO)(CO)NCC1(O)CCCN(Cc2ccc(F)cc2)C1=O. The van der Waals surface area contributed by atoms with E-state index >= 15 is 0 Å². The predicted molar refractivity (Wildman–Crippen MR) is 86.6 cm³/mol. The molecule has 0 aliphatic carbocycles. The summed E-state index contributed by atoms with van der Waals surface area (Å²) in [7, 11) is 0. The first-order chi connectivity index (χ1) is 11.3. The number of halogens is 1. The van der Waals surface area contributed by atoms with Gasteiger partial charge in [-0.05, 0) is 37.5 Å². The van der Waals surface area contributed by atoms with Crippen LogP contribution in [0.5, 0.6) is 0 Å². The maximum atomic E-state index is 13.0. The van der Waals surface area contributed by atoms with Gasteiger partial charge >= 0.3 is 0 Å². The quantitative estimate of drug-likeness (QED) is 0.561. The number of piperidine rings is 1. The van der Waals surface area contributed by atoms with Gasteiger partial charge in [-0.25, -0.2) is 4.39 Å². The van der Waals surface area contributed by atoms with Crippen LogP contribution in [0.4, 0.5) is 4.39 Å². The molecule has 0 spiro atoms. The molecule has 4 N–H and O–H groups in total. The van der Waals surface area contributed by atoms with E-state index in [2.05, 4.69) is 5.32 Å². The number of nitrogens with zero attached hydrogens (tertiary/aromatic N) is 1. The Kier molecular flexibility index (Phi) is 5.92. The van der Waals surface area contributed by atoms with Crippen molar-refractivity contribution in [2.45, 2.75) is 37.5 Å². The first-order valence-electron chi connectivity index (χ1n) is 8.05. The standard InChI is InChI=1S/C17H25FN2O4/c1-16(11-21,12-22)19-10-17(24)7-2-8-20(15(17)23)9-13-3-5-14(18)6-4-13/h3-6,19,21-22,24H,2,7-12H2,1H3. The molecule has 1 aromatic carbocycles. The fourth-order valence-electron chi connectivity index (χ4n) is 2.71. The highest BCUT2D eigenvalue weighted by molar-refractivity contribution is 5.86. The second-order valence-corrected chi connectivity index (χ2v) is 6.72. The third-order valence-corrected chi connectivity index (χ3v) is 4.50. The molecule has 1 aliphatic rings. The number of aliphatic hydroxyl groups excluding tert-OH is 2. The largest absolute Gasteiger partial charge is 0.394 e. The molecule has 0 bridgehead atoms. The lowest BCUT2D eigenvalue weighted by atomic mass is 9.90. The van der Waals surface area contributed by atoms with Crippen LogP contribution < -0.4 is 5.32 Å². The lowest BCUT2D eigenvalue weighted by molar-refractivity contribution is -0.158. The molecule has 1 saturated heterocycles. The van der Waals surface area contributed by atoms with Crippen molar-refractivity contribution in [1.29, 1.82) is 0 Å². The highest BCUT2D eigenvalue weighted by Crippen LogP contribution is 2.24. The second-order valence-electron chi connectivity index (χ2n) is 6.72. The average Bonchev–Trinajstić information content (AvgIpc) is 2.59. The average molecular weight is 340 g/mol. The molecule has 1 amide bonds. The molecule has 1 aromatic rings. The van der Waals surface area contributed by atoms with Gasteiger partial charge in [-0.2, -0.15) is 0 Å². The smallest absolute Gasteiger partial charge is 0.256 e. The molecule has 24 heavy (non-hydrogen) atoms. The van der Waals surface area contributed by atoms with E-state index in [4.69, 9.17) is 0 Å². The molecule has 1 fully saturated rings. The summed E-state index contributed by atoms with van der Waals surface area (Å²) in [6.45, 7) is 1.76. The molecule has 1 atom stereocenters. The number of aliphatic hydroxyl groups is 3. The van der Waals surface area contributed by atoms with Crippen molar-refractivity contribution in [2.75, 3.05) is 26.3 Å². The third-order valence-electron chi connectivity index (χ3n) is 4.50. The molecule has 1 unspecified atom stereocenters. The van der Waals surface area contributed by atoms with Gasteiger partial charge in [0.2, 0.25) is 0 Å². The van der Waals surface area contributed by atoms with Crippen LogP contribution in [0.3, 0.4) is 0 Å². The van der Waals surface area contributed by atoms with E-state index in [0.29, 0.717) is 25.9 Å². The van der Waals surface area contributed by atoms with Crippen molar-refractivity contribution in [3.63, 3.8) is 0 Å². The van der Waals surface area contributed by atoms with E-state index in [0.717, 1.165) is 5.56 Å². The van der Waals surface area contributed by atoms with E-state index in [1.165, 1.54) is 12.1 Å². The monoisotopic (exact) mass is 340 g/mol. The van der Waals surface area contributed by atoms with Gasteiger partial charge in [0.1, 0.15) is 5.82 Å². The molecule has 0 radical (unpaired) electrons. The van der Waals surface area contributed by atoms with Crippen molar-refractivity contribution in [3.8, 4) is 0 Å². The van der Waals surface area contributed by atoms with Gasteiger partial charge in [0.15, 0.2) is 5.60 Å². The zero-order valence-corrected chi connectivity index (χ0v) is 13.8. The fraction of sp³-hybridized carbons (Fsp3) is 0.588. The Morgan fingerprint density at radius 1 is 1.29 bits per heavy atom. The highest BCUT2D eigenvalue weighted by Gasteiger charge is 2.43. The van der Waals surface area contributed by atoms with E-state index < -0.39 is 17.0 Å². The van der Waals surface area contributed by atoms with Crippen molar-refractivity contribution < 1.29 is 24.5 Å². The molecule has 1 aliphatic heterocycles. The van der Waals surface area contributed by atoms with Gasteiger partial charge in [-0.15, -0.1) is 0 Å². The van der Waals surface area contributed by atoms with Crippen LogP contribution in [-0.2, 0) is 11.3 Å². The Bertz CT molecular complexity index is 562. The fourth-order valence-corrected chi connectivity index (χ4v) is 2.71. The van der Waals surface area contributed by atoms with Crippen LogP contribution in [0.25, 0.3) is 0 Å². The summed E-state index contributed by atoms with van der Waals surface area (Å²) < 4.78 is 13.0. The minimum Gasteiger partial charge on any atom is -0.394 e. The first-order valence-corrected chi connectivity index (χ1v) is 8.05. The summed E-state index contributed by atoms with van der Waals surface area (Å²) in [4.78, 5) is 14.2. The van der Waals surface area contributed by atoms with Crippen molar-refractivity contribution in [3.05, 3.63) is 35.6 Å². The number of hydrogen-bond donors (Lipinski definition) is 4. The molecule has 0 saturated carbocycles. The van der Waals surface area contributed by atoms with Crippen molar-refractivity contribution in [2.24, 2.45) is 0 Å². The lowest BCUT2D eigenvalue weighted by Gasteiger charge is -2.40. The van der Waals surface area contributed by atoms with Crippen LogP contribution in [0.2, 0.25) is 0 Å². The molecule has 6 nitrogen and oxygen atoms in total. The summed E-state index contributed by atoms with van der Waals surface area (Å²) in [5.74, 6) is -0.736. The molecule has 1 heterocycles. The molecule has 0 aromatic heterocycles. The number of nitrogens with one attached hydrogen (secondary N) is 1. The van der Waals surface area contributed by atoms with Gasteiger partial charge in [0.25, 0.3) is 5.91 Å². The normalized spacial score (nSPS) is 22.0. The summed E-state index contributed by atoms with van der Waals surface area (Å²) in [5.41, 5.74) is -1.75. The van der Waals surface area contributed by atoms with E-state index in [-0.39, 0.29) is 25.6 Å². The number of hydrogen-bond acceptors (Lipinski definition) is 5. The molecule has 7 heteroatoms. The van der Waals surface area contributed by atoms with E-state index in [9.17, 15) is 24.5 Å². The Morgan fingerprint density at radius 2 is 1.92 bits per heavy atom. The zero-order chi connectivity index (χ0) is 17.8. The summed E-state index contributed by atoms with van der Waals surface area (Å²) in [6, 6.07) is 5.91. The minimum atomic E-state index is -1.58. The predicted octanol–water partition coefficient (Wildman–Crippen LogP) is 0.0121. The first kappa shape index (κ1) is 18.8. The van der Waals surface area contributed by atoms with Gasteiger partial charge in [0.05, 0.1) is 18.8 Å². The number of amides is 1. The maximum absolute atomic E-state index is 13.0. The van der Waals surface area contributed by atoms with Crippen LogP contribution in [0.15, 0.2) is 24.3 Å². The Hall–Kier alpha value is -1.54. The topological polar surface area (TPSA) is 93.0 Å². The Balaban J connectivity index is 2.03. The number of carbonyl (C=O) groups is 1. The van der Waals surface area contributed by atoms with E-state index in [1.54, 1.807) is 24.0 Å². The van der Waals surface area contributed by atoms with E-state index in [1.807, 2.05) is 0 Å². The highest BCUT2D eigenvalue weighted by atomic mass is 19.1. The molecule has 2 rings (SSSR count). The molecular weight excluding hydrogens is 315 g/mol. The lowest BCUT2D eigenvalue weighted by Crippen LogP contribution is -2.61. The summed E-state index contributed by atoms with van der Waals surface area (Å²) in [6.07, 6.45) is 0.950. The van der Waals surface area contributed by atoms with Crippen molar-refractivity contribution in [1.82, 2.24) is 10.2 Å².